The molecular formula is C32H34F3N3O4. The van der Waals surface area contributed by atoms with E-state index in [0.717, 1.165) is 23.8 Å². The van der Waals surface area contributed by atoms with Crippen molar-refractivity contribution in [1.29, 1.82) is 0 Å². The number of nitrogens with one attached hydrogen (secondary N) is 2. The molecule has 2 saturated heterocycles. The van der Waals surface area contributed by atoms with Gasteiger partial charge in [-0.15, -0.1) is 0 Å². The summed E-state index contributed by atoms with van der Waals surface area (Å²) in [7, 11) is 0. The quantitative estimate of drug-likeness (QED) is 0.323. The first-order valence-corrected chi connectivity index (χ1v) is 14.1. The molecule has 7 nitrogen and oxygen atoms in total. The van der Waals surface area contributed by atoms with Crippen molar-refractivity contribution in [2.24, 2.45) is 5.92 Å². The van der Waals surface area contributed by atoms with Gasteiger partial charge in [0.1, 0.15) is 17.5 Å². The topological polar surface area (TPSA) is 90.9 Å². The van der Waals surface area contributed by atoms with Gasteiger partial charge in [-0.1, -0.05) is 48.5 Å². The molecule has 1 unspecified atom stereocenters. The fourth-order valence-electron chi connectivity index (χ4n) is 5.66. The van der Waals surface area contributed by atoms with Crippen LogP contribution in [0, 0.1) is 23.4 Å². The normalized spacial score (nSPS) is 21.9. The van der Waals surface area contributed by atoms with Gasteiger partial charge in [0.2, 0.25) is 11.8 Å². The maximum absolute atomic E-state index is 14.1. The first-order valence-electron chi connectivity index (χ1n) is 14.1. The van der Waals surface area contributed by atoms with Crippen LogP contribution in [0.3, 0.4) is 0 Å². The van der Waals surface area contributed by atoms with E-state index in [4.69, 9.17) is 4.74 Å². The predicted molar refractivity (Wildman–Crippen MR) is 149 cm³/mol. The third-order valence-electron chi connectivity index (χ3n) is 7.89. The van der Waals surface area contributed by atoms with Crippen LogP contribution in [-0.4, -0.2) is 59.2 Å². The van der Waals surface area contributed by atoms with Crippen LogP contribution in [0.25, 0.3) is 0 Å². The van der Waals surface area contributed by atoms with Gasteiger partial charge >= 0.3 is 0 Å². The van der Waals surface area contributed by atoms with Crippen LogP contribution in [0.5, 0.6) is 0 Å². The molecule has 0 bridgehead atoms. The molecule has 0 aromatic heterocycles. The second kappa shape index (κ2) is 13.5. The molecule has 2 amide bonds. The SMILES string of the molecule is O=C(N[C@@H](Cc1cc(F)cc(F)c1)[C@H](O)[C@H]1C[C@@H](OCc2ccccc2)CN1)C1CC(=O)N(Cc2ccccc2F)C1. The van der Waals surface area contributed by atoms with Crippen LogP contribution in [-0.2, 0) is 33.9 Å². The number of amides is 2. The highest BCUT2D eigenvalue weighted by Crippen LogP contribution is 2.24. The maximum atomic E-state index is 14.1. The lowest BCUT2D eigenvalue weighted by molar-refractivity contribution is -0.129. The largest absolute Gasteiger partial charge is 0.389 e. The highest BCUT2D eigenvalue weighted by molar-refractivity contribution is 5.89. The Kier molecular flexibility index (Phi) is 9.56. The lowest BCUT2D eigenvalue weighted by Crippen LogP contribution is -2.53. The predicted octanol–water partition coefficient (Wildman–Crippen LogP) is 3.49. The summed E-state index contributed by atoms with van der Waals surface area (Å²) in [6.45, 7) is 1.04. The molecule has 3 N–H and O–H groups in total. The van der Waals surface area contributed by atoms with E-state index in [1.54, 1.807) is 18.2 Å². The summed E-state index contributed by atoms with van der Waals surface area (Å²) >= 11 is 0. The van der Waals surface area contributed by atoms with Crippen LogP contribution in [0.15, 0.2) is 72.8 Å². The fourth-order valence-corrected chi connectivity index (χ4v) is 5.66. The minimum Gasteiger partial charge on any atom is -0.389 e. The van der Waals surface area contributed by atoms with Crippen LogP contribution in [0.4, 0.5) is 13.2 Å². The number of nitrogens with zero attached hydrogens (tertiary/aromatic N) is 1. The Hall–Kier alpha value is -3.73. The number of carbonyl (C=O) groups excluding carboxylic acids is 2. The molecule has 10 heteroatoms. The molecule has 0 radical (unpaired) electrons. The number of halogens is 3. The van der Waals surface area contributed by atoms with E-state index < -0.39 is 47.5 Å². The van der Waals surface area contributed by atoms with Crippen molar-refractivity contribution in [1.82, 2.24) is 15.5 Å². The van der Waals surface area contributed by atoms with E-state index in [1.807, 2.05) is 30.3 Å². The van der Waals surface area contributed by atoms with Crippen molar-refractivity contribution in [3.05, 3.63) is 107 Å². The Labute approximate surface area is 242 Å². The molecule has 2 aliphatic rings. The second-order valence-electron chi connectivity index (χ2n) is 11.0. The van der Waals surface area contributed by atoms with E-state index in [9.17, 15) is 27.9 Å². The molecule has 2 aliphatic heterocycles. The Morgan fingerprint density at radius 3 is 2.48 bits per heavy atom. The smallest absolute Gasteiger partial charge is 0.225 e. The third kappa shape index (κ3) is 7.56. The number of benzene rings is 3. The lowest BCUT2D eigenvalue weighted by atomic mass is 9.94. The summed E-state index contributed by atoms with van der Waals surface area (Å²) < 4.78 is 48.1. The number of ether oxygens (including phenoxy) is 1. The average molecular weight is 582 g/mol. The third-order valence-corrected chi connectivity index (χ3v) is 7.89. The number of aliphatic hydroxyl groups is 1. The molecular weight excluding hydrogens is 547 g/mol. The van der Waals surface area contributed by atoms with Crippen molar-refractivity contribution >= 4 is 11.8 Å². The minimum absolute atomic E-state index is 0.0328. The number of hydrogen-bond donors (Lipinski definition) is 3. The van der Waals surface area contributed by atoms with Gasteiger partial charge in [-0.3, -0.25) is 9.59 Å². The van der Waals surface area contributed by atoms with E-state index >= 15 is 0 Å². The second-order valence-corrected chi connectivity index (χ2v) is 11.0. The van der Waals surface area contributed by atoms with E-state index in [2.05, 4.69) is 10.6 Å². The molecule has 0 saturated carbocycles. The molecule has 0 aliphatic carbocycles. The highest BCUT2D eigenvalue weighted by atomic mass is 19.1. The lowest BCUT2D eigenvalue weighted by Gasteiger charge is -2.29. The van der Waals surface area contributed by atoms with Gasteiger partial charge in [0, 0.05) is 43.7 Å². The van der Waals surface area contributed by atoms with Crippen molar-refractivity contribution in [3.63, 3.8) is 0 Å². The molecule has 42 heavy (non-hydrogen) atoms. The van der Waals surface area contributed by atoms with Crippen molar-refractivity contribution < 1.29 is 32.6 Å². The Bertz CT molecular complexity index is 1370. The molecule has 3 aromatic rings. The molecule has 5 atom stereocenters. The average Bonchev–Trinajstić information content (AvgIpc) is 3.59. The van der Waals surface area contributed by atoms with E-state index in [-0.39, 0.29) is 43.5 Å². The molecule has 222 valence electrons. The Morgan fingerprint density at radius 2 is 1.74 bits per heavy atom. The summed E-state index contributed by atoms with van der Waals surface area (Å²) in [4.78, 5) is 27.5. The minimum atomic E-state index is -1.11. The van der Waals surface area contributed by atoms with Gasteiger partial charge in [-0.05, 0) is 42.2 Å². The molecule has 0 spiro atoms. The molecule has 5 rings (SSSR count). The van der Waals surface area contributed by atoms with Crippen LogP contribution < -0.4 is 10.6 Å². The van der Waals surface area contributed by atoms with Gasteiger partial charge in [0.15, 0.2) is 0 Å². The highest BCUT2D eigenvalue weighted by Gasteiger charge is 2.39. The van der Waals surface area contributed by atoms with Gasteiger partial charge in [-0.2, -0.15) is 0 Å². The summed E-state index contributed by atoms with van der Waals surface area (Å²) in [6.07, 6.45) is -0.913. The summed E-state index contributed by atoms with van der Waals surface area (Å²) in [6, 6.07) is 17.6. The number of aliphatic hydroxyl groups excluding tert-OH is 1. The van der Waals surface area contributed by atoms with Crippen molar-refractivity contribution in [3.8, 4) is 0 Å². The number of carbonyl (C=O) groups is 2. The molecule has 3 aromatic carbocycles. The van der Waals surface area contributed by atoms with Crippen molar-refractivity contribution in [2.75, 3.05) is 13.1 Å². The van der Waals surface area contributed by atoms with Crippen LogP contribution >= 0.6 is 0 Å². The zero-order valence-corrected chi connectivity index (χ0v) is 23.0. The Balaban J connectivity index is 1.24. The first kappa shape index (κ1) is 29.8. The van der Waals surface area contributed by atoms with Gasteiger partial charge in [0.25, 0.3) is 0 Å². The van der Waals surface area contributed by atoms with Gasteiger partial charge in [0.05, 0.1) is 30.8 Å². The fraction of sp³-hybridized carbons (Fsp3) is 0.375. The monoisotopic (exact) mass is 581 g/mol. The Morgan fingerprint density at radius 1 is 1.02 bits per heavy atom. The van der Waals surface area contributed by atoms with Gasteiger partial charge < -0.3 is 25.4 Å². The van der Waals surface area contributed by atoms with Crippen LogP contribution in [0.2, 0.25) is 0 Å². The molecule has 2 fully saturated rings. The first-order chi connectivity index (χ1) is 20.2. The zero-order chi connectivity index (χ0) is 29.6. The zero-order valence-electron chi connectivity index (χ0n) is 23.0. The molecule has 2 heterocycles. The summed E-state index contributed by atoms with van der Waals surface area (Å²) in [5.74, 6) is -3.42. The number of hydrogen-bond acceptors (Lipinski definition) is 5. The summed E-state index contributed by atoms with van der Waals surface area (Å²) in [5.41, 5.74) is 1.65. The standard InChI is InChI=1S/C32H34F3N3O4/c33-24-10-21(11-25(34)14-24)12-29(31(40)28-15-26(16-36-28)42-19-20-6-2-1-3-7-20)37-32(41)23-13-30(39)38(18-23)17-22-8-4-5-9-27(22)35/h1-11,14,23,26,28-29,31,36,40H,12-13,15-19H2,(H,37,41)/t23?,26-,28-,29+,31-/m1/s1. The van der Waals surface area contributed by atoms with Gasteiger partial charge in [-0.25, -0.2) is 13.2 Å². The van der Waals surface area contributed by atoms with Crippen molar-refractivity contribution in [2.45, 2.75) is 56.7 Å². The van der Waals surface area contributed by atoms with E-state index in [0.29, 0.717) is 25.1 Å². The maximum Gasteiger partial charge on any atom is 0.225 e. The number of rotatable bonds is 11. The van der Waals surface area contributed by atoms with E-state index in [1.165, 1.54) is 11.0 Å². The summed E-state index contributed by atoms with van der Waals surface area (Å²) in [5, 5.41) is 17.5. The number of likely N-dealkylation sites (tertiary alicyclic amines) is 1. The van der Waals surface area contributed by atoms with Crippen LogP contribution in [0.1, 0.15) is 29.5 Å².